The molecule has 6 atom stereocenters. The summed E-state index contributed by atoms with van der Waals surface area (Å²) in [4.78, 5) is 16.7. The van der Waals surface area contributed by atoms with E-state index in [0.717, 1.165) is 51.1 Å². The Labute approximate surface area is 206 Å². The number of aryl methyl sites for hydroxylation is 2. The Bertz CT molecular complexity index is 920. The van der Waals surface area contributed by atoms with Crippen molar-refractivity contribution in [3.63, 3.8) is 0 Å². The van der Waals surface area contributed by atoms with Crippen molar-refractivity contribution in [1.82, 2.24) is 4.90 Å². The predicted octanol–water partition coefficient (Wildman–Crippen LogP) is 4.74. The summed E-state index contributed by atoms with van der Waals surface area (Å²) in [6.45, 7) is 17.8. The lowest BCUT2D eigenvalue weighted by molar-refractivity contribution is -0.159. The molecular formula is C29H44N2O3. The average Bonchev–Trinajstić information content (AvgIpc) is 2.76. The Morgan fingerprint density at radius 2 is 1.88 bits per heavy atom. The van der Waals surface area contributed by atoms with E-state index in [1.165, 1.54) is 23.7 Å². The molecule has 1 saturated carbocycles. The van der Waals surface area contributed by atoms with Gasteiger partial charge in [0.05, 0.1) is 5.60 Å². The molecule has 0 spiro atoms. The normalized spacial score (nSPS) is 33.1. The molecule has 5 heteroatoms. The molecule has 4 rings (SSSR count). The fourth-order valence-electron chi connectivity index (χ4n) is 6.87. The number of nitrogens with zero attached hydrogens (tertiary/aromatic N) is 2. The van der Waals surface area contributed by atoms with Crippen molar-refractivity contribution in [1.29, 1.82) is 0 Å². The Morgan fingerprint density at radius 3 is 2.53 bits per heavy atom. The first-order valence-corrected chi connectivity index (χ1v) is 13.2. The molecule has 0 bridgehead atoms. The van der Waals surface area contributed by atoms with Crippen molar-refractivity contribution in [3.05, 3.63) is 41.0 Å². The molecule has 1 N–H and O–H groups in total. The number of benzene rings is 1. The molecule has 0 amide bonds. The molecule has 0 radical (unpaired) electrons. The van der Waals surface area contributed by atoms with Crippen LogP contribution in [0.3, 0.4) is 0 Å². The summed E-state index contributed by atoms with van der Waals surface area (Å²) in [5, 5.41) is 11.8. The van der Waals surface area contributed by atoms with E-state index in [-0.39, 0.29) is 23.9 Å². The largest absolute Gasteiger partial charge is 0.458 e. The molecule has 3 aliphatic rings. The van der Waals surface area contributed by atoms with Gasteiger partial charge in [-0.1, -0.05) is 37.6 Å². The van der Waals surface area contributed by atoms with E-state index in [1.54, 1.807) is 0 Å². The van der Waals surface area contributed by atoms with Gasteiger partial charge < -0.3 is 14.7 Å². The summed E-state index contributed by atoms with van der Waals surface area (Å²) in [6.07, 6.45) is 4.65. The van der Waals surface area contributed by atoms with Crippen LogP contribution in [0.5, 0.6) is 0 Å². The zero-order valence-electron chi connectivity index (χ0n) is 22.0. The molecule has 1 saturated heterocycles. The van der Waals surface area contributed by atoms with Gasteiger partial charge in [-0.15, -0.1) is 0 Å². The van der Waals surface area contributed by atoms with Gasteiger partial charge in [-0.25, -0.2) is 0 Å². The maximum Gasteiger partial charge on any atom is 0.303 e. The fourth-order valence-corrected chi connectivity index (χ4v) is 6.87. The molecule has 34 heavy (non-hydrogen) atoms. The van der Waals surface area contributed by atoms with Gasteiger partial charge >= 0.3 is 5.97 Å². The third-order valence-corrected chi connectivity index (χ3v) is 8.94. The van der Waals surface area contributed by atoms with Crippen molar-refractivity contribution in [2.75, 3.05) is 37.6 Å². The number of piperazine rings is 1. The number of esters is 1. The van der Waals surface area contributed by atoms with Crippen molar-refractivity contribution in [2.45, 2.75) is 72.5 Å². The number of hydrogen-bond donors (Lipinski definition) is 1. The van der Waals surface area contributed by atoms with Crippen LogP contribution in [0.2, 0.25) is 0 Å². The quantitative estimate of drug-likeness (QED) is 0.500. The third kappa shape index (κ3) is 5.06. The topological polar surface area (TPSA) is 53.0 Å². The van der Waals surface area contributed by atoms with E-state index in [4.69, 9.17) is 4.74 Å². The van der Waals surface area contributed by atoms with Gasteiger partial charge in [-0.05, 0) is 68.6 Å². The highest BCUT2D eigenvalue weighted by Gasteiger charge is 2.52. The number of aliphatic hydroxyl groups is 1. The van der Waals surface area contributed by atoms with E-state index in [9.17, 15) is 9.90 Å². The highest BCUT2D eigenvalue weighted by molar-refractivity contribution is 5.66. The van der Waals surface area contributed by atoms with E-state index in [1.807, 2.05) is 0 Å². The molecule has 188 valence electrons. The molecule has 1 heterocycles. The van der Waals surface area contributed by atoms with Crippen LogP contribution in [0.1, 0.15) is 58.1 Å². The van der Waals surface area contributed by atoms with E-state index in [0.29, 0.717) is 18.3 Å². The van der Waals surface area contributed by atoms with Crippen molar-refractivity contribution in [2.24, 2.45) is 23.7 Å². The van der Waals surface area contributed by atoms with Crippen LogP contribution in [-0.4, -0.2) is 60.4 Å². The van der Waals surface area contributed by atoms with Crippen LogP contribution < -0.4 is 4.90 Å². The molecule has 0 aromatic heterocycles. The summed E-state index contributed by atoms with van der Waals surface area (Å²) < 4.78 is 5.56. The lowest BCUT2D eigenvalue weighted by atomic mass is 9.57. The Morgan fingerprint density at radius 1 is 1.18 bits per heavy atom. The smallest absolute Gasteiger partial charge is 0.303 e. The second-order valence-electron chi connectivity index (χ2n) is 11.4. The van der Waals surface area contributed by atoms with Crippen LogP contribution >= 0.6 is 0 Å². The first-order chi connectivity index (χ1) is 16.1. The first-order valence-electron chi connectivity index (χ1n) is 13.2. The number of carbonyl (C=O) groups excluding carboxylic acids is 1. The minimum atomic E-state index is -0.793. The molecule has 1 aromatic rings. The van der Waals surface area contributed by atoms with Gasteiger partial charge in [0.25, 0.3) is 0 Å². The molecule has 1 aromatic carbocycles. The Balaban J connectivity index is 1.41. The second-order valence-corrected chi connectivity index (χ2v) is 11.4. The zero-order valence-corrected chi connectivity index (χ0v) is 22.0. The molecule has 0 unspecified atom stereocenters. The second kappa shape index (κ2) is 10.0. The number of hydrogen-bond acceptors (Lipinski definition) is 5. The maximum atomic E-state index is 11.8. The summed E-state index contributed by atoms with van der Waals surface area (Å²) >= 11 is 0. The maximum absolute atomic E-state index is 11.8. The minimum Gasteiger partial charge on any atom is -0.458 e. The van der Waals surface area contributed by atoms with Gasteiger partial charge in [0.15, 0.2) is 0 Å². The Kier molecular flexibility index (Phi) is 7.44. The first kappa shape index (κ1) is 25.2. The highest BCUT2D eigenvalue weighted by Crippen LogP contribution is 2.51. The molecule has 2 aliphatic carbocycles. The monoisotopic (exact) mass is 468 g/mol. The number of anilines is 1. The van der Waals surface area contributed by atoms with Crippen molar-refractivity contribution in [3.8, 4) is 0 Å². The van der Waals surface area contributed by atoms with E-state index < -0.39 is 5.60 Å². The van der Waals surface area contributed by atoms with Crippen molar-refractivity contribution >= 4 is 11.7 Å². The SMILES string of the molecule is CC(=O)O[C@@H]1C[C@@]2(O)[C@H](C)CC[C@@H]([C@H](C)CN3CCN(c4ccc(C)cc4C)CC3)[C@H]2C=C1C. The summed E-state index contributed by atoms with van der Waals surface area (Å²) in [5.41, 5.74) is 4.36. The number of ether oxygens (including phenoxy) is 1. The van der Waals surface area contributed by atoms with Crippen LogP contribution in [0.4, 0.5) is 5.69 Å². The van der Waals surface area contributed by atoms with Crippen molar-refractivity contribution < 1.29 is 14.6 Å². The zero-order chi connectivity index (χ0) is 24.6. The van der Waals surface area contributed by atoms with E-state index in [2.05, 4.69) is 68.7 Å². The minimum absolute atomic E-state index is 0.134. The molecular weight excluding hydrogens is 424 g/mol. The third-order valence-electron chi connectivity index (χ3n) is 8.94. The number of fused-ring (bicyclic) bond motifs is 1. The van der Waals surface area contributed by atoms with Gasteiger partial charge in [-0.2, -0.15) is 0 Å². The highest BCUT2D eigenvalue weighted by atomic mass is 16.5. The molecule has 2 fully saturated rings. The van der Waals surface area contributed by atoms with Gasteiger partial charge in [-0.3, -0.25) is 9.69 Å². The fraction of sp³-hybridized carbons (Fsp3) is 0.690. The molecule has 5 nitrogen and oxygen atoms in total. The number of carbonyl (C=O) groups is 1. The lowest BCUT2D eigenvalue weighted by Gasteiger charge is -2.53. The van der Waals surface area contributed by atoms with E-state index >= 15 is 0 Å². The number of rotatable bonds is 5. The van der Waals surface area contributed by atoms with Crippen LogP contribution in [-0.2, 0) is 9.53 Å². The van der Waals surface area contributed by atoms with Gasteiger partial charge in [0.1, 0.15) is 6.10 Å². The van der Waals surface area contributed by atoms with Gasteiger partial charge in [0, 0.05) is 57.7 Å². The van der Waals surface area contributed by atoms with Crippen LogP contribution in [0.15, 0.2) is 29.8 Å². The summed E-state index contributed by atoms with van der Waals surface area (Å²) in [5.74, 6) is 1.03. The van der Waals surface area contributed by atoms with Gasteiger partial charge in [0.2, 0.25) is 0 Å². The Hall–Kier alpha value is -1.85. The lowest BCUT2D eigenvalue weighted by Crippen LogP contribution is -2.56. The predicted molar refractivity (Wildman–Crippen MR) is 138 cm³/mol. The standard InChI is InChI=1S/C29H44N2O3/c1-19-7-10-27(20(2)15-19)31-13-11-30(12-14-31)18-22(4)25-9-8-23(5)29(33)17-28(34-24(6)32)21(3)16-26(25)29/h7,10,15-16,22-23,25-26,28,33H,8-9,11-14,17-18H2,1-6H3/t22-,23-,25+,26-,28-,29-/m1/s1. The van der Waals surface area contributed by atoms with Crippen LogP contribution in [0.25, 0.3) is 0 Å². The summed E-state index contributed by atoms with van der Waals surface area (Å²) in [7, 11) is 0. The average molecular weight is 469 g/mol. The summed E-state index contributed by atoms with van der Waals surface area (Å²) in [6, 6.07) is 6.77. The molecule has 1 aliphatic heterocycles. The van der Waals surface area contributed by atoms with Crippen LogP contribution in [0, 0.1) is 37.5 Å².